The van der Waals surface area contributed by atoms with Gasteiger partial charge in [-0.15, -0.1) is 0 Å². The van der Waals surface area contributed by atoms with Gasteiger partial charge in [0.25, 0.3) is 11.8 Å². The molecule has 2 unspecified atom stereocenters. The number of amides is 3. The first kappa shape index (κ1) is 19.4. The van der Waals surface area contributed by atoms with E-state index in [9.17, 15) is 14.4 Å². The van der Waals surface area contributed by atoms with Crippen molar-refractivity contribution in [3.05, 3.63) is 58.1 Å². The molecule has 2 aliphatic heterocycles. The Morgan fingerprint density at radius 1 is 1.17 bits per heavy atom. The summed E-state index contributed by atoms with van der Waals surface area (Å²) in [7, 11) is 3.86. The second-order valence-corrected chi connectivity index (χ2v) is 8.35. The minimum Gasteiger partial charge on any atom is -0.378 e. The lowest BCUT2D eigenvalue weighted by atomic mass is 10.1. The molecule has 29 heavy (non-hydrogen) atoms. The van der Waals surface area contributed by atoms with Crippen LogP contribution in [0, 0.1) is 0 Å². The van der Waals surface area contributed by atoms with E-state index in [2.05, 4.69) is 26.6 Å². The summed E-state index contributed by atoms with van der Waals surface area (Å²) < 4.78 is 0.766. The summed E-state index contributed by atoms with van der Waals surface area (Å²) in [5.41, 5.74) is 2.44. The number of carbonyl (C=O) groups excluding carboxylic acids is 3. The van der Waals surface area contributed by atoms with Gasteiger partial charge in [-0.2, -0.15) is 0 Å². The van der Waals surface area contributed by atoms with E-state index in [0.29, 0.717) is 29.8 Å². The normalized spacial score (nSPS) is 20.4. The molecule has 4 rings (SSSR count). The largest absolute Gasteiger partial charge is 0.378 e. The Morgan fingerprint density at radius 3 is 2.59 bits per heavy atom. The molecule has 0 bridgehead atoms. The third-order valence-electron chi connectivity index (χ3n) is 5.36. The van der Waals surface area contributed by atoms with E-state index in [1.165, 1.54) is 0 Å². The van der Waals surface area contributed by atoms with Crippen LogP contribution in [-0.4, -0.2) is 55.3 Å². The first-order chi connectivity index (χ1) is 13.8. The number of carbonyl (C=O) groups is 3. The van der Waals surface area contributed by atoms with E-state index >= 15 is 0 Å². The molecule has 2 aliphatic rings. The highest BCUT2D eigenvalue weighted by molar-refractivity contribution is 9.10. The molecule has 1 saturated heterocycles. The Kier molecular flexibility index (Phi) is 5.04. The number of hydrogen-bond donors (Lipinski definition) is 2. The quantitative estimate of drug-likeness (QED) is 0.742. The molecule has 2 N–H and O–H groups in total. The van der Waals surface area contributed by atoms with Gasteiger partial charge in [0.2, 0.25) is 5.91 Å². The summed E-state index contributed by atoms with van der Waals surface area (Å²) >= 11 is 3.37. The van der Waals surface area contributed by atoms with Gasteiger partial charge < -0.3 is 20.4 Å². The van der Waals surface area contributed by atoms with Gasteiger partial charge in [-0.1, -0.05) is 15.9 Å². The number of nitrogens with zero attached hydrogens (tertiary/aromatic N) is 2. The van der Waals surface area contributed by atoms with Crippen molar-refractivity contribution in [2.75, 3.05) is 30.9 Å². The van der Waals surface area contributed by atoms with Crippen LogP contribution in [0.1, 0.15) is 27.1 Å². The van der Waals surface area contributed by atoms with Crippen molar-refractivity contribution in [1.82, 2.24) is 10.2 Å². The van der Waals surface area contributed by atoms with Gasteiger partial charge in [-0.05, 0) is 48.9 Å². The number of nitrogens with one attached hydrogen (secondary N) is 2. The number of hydrogen-bond acceptors (Lipinski definition) is 4. The maximum atomic E-state index is 13.0. The van der Waals surface area contributed by atoms with Gasteiger partial charge in [0.05, 0.1) is 17.3 Å². The molecule has 3 amide bonds. The van der Waals surface area contributed by atoms with Gasteiger partial charge >= 0.3 is 0 Å². The lowest BCUT2D eigenvalue weighted by molar-refractivity contribution is -0.120. The molecule has 0 aromatic heterocycles. The van der Waals surface area contributed by atoms with Crippen LogP contribution in [0.4, 0.5) is 11.4 Å². The fraction of sp³-hybridized carbons (Fsp3) is 0.286. The Labute approximate surface area is 177 Å². The number of rotatable bonds is 3. The van der Waals surface area contributed by atoms with E-state index in [4.69, 9.17) is 0 Å². The number of anilines is 2. The Balaban J connectivity index is 1.55. The Hall–Kier alpha value is -2.87. The second kappa shape index (κ2) is 7.51. The number of benzene rings is 2. The van der Waals surface area contributed by atoms with Gasteiger partial charge in [0, 0.05) is 36.4 Å². The fourth-order valence-electron chi connectivity index (χ4n) is 3.82. The predicted molar refractivity (Wildman–Crippen MR) is 114 cm³/mol. The minimum absolute atomic E-state index is 0.211. The molecule has 1 fully saturated rings. The van der Waals surface area contributed by atoms with Crippen LogP contribution in [0.3, 0.4) is 0 Å². The van der Waals surface area contributed by atoms with Crippen molar-refractivity contribution in [1.29, 1.82) is 0 Å². The lowest BCUT2D eigenvalue weighted by Crippen LogP contribution is -2.51. The Bertz CT molecular complexity index is 990. The zero-order valence-corrected chi connectivity index (χ0v) is 17.7. The van der Waals surface area contributed by atoms with Crippen LogP contribution >= 0.6 is 15.9 Å². The average Bonchev–Trinajstić information content (AvgIpc) is 3.08. The van der Waals surface area contributed by atoms with Crippen molar-refractivity contribution in [2.45, 2.75) is 18.5 Å². The minimum atomic E-state index is -0.737. The zero-order chi connectivity index (χ0) is 20.7. The summed E-state index contributed by atoms with van der Waals surface area (Å²) in [4.78, 5) is 42.1. The van der Waals surface area contributed by atoms with Gasteiger partial charge in [-0.3, -0.25) is 14.4 Å². The van der Waals surface area contributed by atoms with Crippen molar-refractivity contribution in [2.24, 2.45) is 0 Å². The first-order valence-corrected chi connectivity index (χ1v) is 10.1. The molecule has 7 nitrogen and oxygen atoms in total. The van der Waals surface area contributed by atoms with Crippen molar-refractivity contribution in [3.63, 3.8) is 0 Å². The zero-order valence-electron chi connectivity index (χ0n) is 16.1. The maximum absolute atomic E-state index is 13.0. The standard InChI is InChI=1S/C21H21BrN4O3/c1-25(2)14-6-3-12(4-7-14)19(27)24-17-9-10-26-18(17)20(28)23-16-8-5-13(22)11-15(16)21(26)29/h3-8,11,17-18H,9-10H2,1-2H3,(H,23,28)(H,24,27). The summed E-state index contributed by atoms with van der Waals surface area (Å²) in [5.74, 6) is -0.756. The van der Waals surface area contributed by atoms with E-state index in [1.807, 2.05) is 31.1 Å². The molecule has 0 spiro atoms. The highest BCUT2D eigenvalue weighted by Gasteiger charge is 2.45. The smallest absolute Gasteiger partial charge is 0.256 e. The van der Waals surface area contributed by atoms with Crippen LogP contribution in [-0.2, 0) is 4.79 Å². The van der Waals surface area contributed by atoms with E-state index in [1.54, 1.807) is 35.2 Å². The molecule has 0 saturated carbocycles. The van der Waals surface area contributed by atoms with Crippen LogP contribution < -0.4 is 15.5 Å². The van der Waals surface area contributed by atoms with E-state index < -0.39 is 12.1 Å². The maximum Gasteiger partial charge on any atom is 0.256 e. The van der Waals surface area contributed by atoms with Crippen LogP contribution in [0.2, 0.25) is 0 Å². The summed E-state index contributed by atoms with van der Waals surface area (Å²) in [6.07, 6.45) is 0.523. The monoisotopic (exact) mass is 456 g/mol. The molecule has 2 aromatic rings. The van der Waals surface area contributed by atoms with E-state index in [-0.39, 0.29) is 17.7 Å². The molecular weight excluding hydrogens is 436 g/mol. The Morgan fingerprint density at radius 2 is 1.90 bits per heavy atom. The summed E-state index contributed by atoms with van der Waals surface area (Å²) in [6.45, 7) is 0.410. The van der Waals surface area contributed by atoms with Gasteiger partial charge in [0.15, 0.2) is 0 Å². The van der Waals surface area contributed by atoms with E-state index in [0.717, 1.165) is 10.2 Å². The predicted octanol–water partition coefficient (Wildman–Crippen LogP) is 2.48. The van der Waals surface area contributed by atoms with Gasteiger partial charge in [-0.25, -0.2) is 0 Å². The molecule has 2 heterocycles. The van der Waals surface area contributed by atoms with Crippen molar-refractivity contribution >= 4 is 45.0 Å². The lowest BCUT2D eigenvalue weighted by Gasteiger charge is -2.25. The molecule has 0 aliphatic carbocycles. The topological polar surface area (TPSA) is 81.8 Å². The highest BCUT2D eigenvalue weighted by Crippen LogP contribution is 2.31. The molecule has 2 atom stereocenters. The van der Waals surface area contributed by atoms with Crippen molar-refractivity contribution in [3.8, 4) is 0 Å². The van der Waals surface area contributed by atoms with Crippen LogP contribution in [0.15, 0.2) is 46.9 Å². The van der Waals surface area contributed by atoms with Gasteiger partial charge in [0.1, 0.15) is 6.04 Å². The molecule has 150 valence electrons. The summed E-state index contributed by atoms with van der Waals surface area (Å²) in [5, 5.41) is 5.78. The number of halogens is 1. The number of fused-ring (bicyclic) bond motifs is 2. The third kappa shape index (κ3) is 3.60. The van der Waals surface area contributed by atoms with Crippen LogP contribution in [0.25, 0.3) is 0 Å². The molecule has 0 radical (unpaired) electrons. The van der Waals surface area contributed by atoms with Crippen molar-refractivity contribution < 1.29 is 14.4 Å². The fourth-order valence-corrected chi connectivity index (χ4v) is 4.18. The van der Waals surface area contributed by atoms with Crippen LogP contribution in [0.5, 0.6) is 0 Å². The molecule has 2 aromatic carbocycles. The second-order valence-electron chi connectivity index (χ2n) is 7.43. The summed E-state index contributed by atoms with van der Waals surface area (Å²) in [6, 6.07) is 11.2. The molecular formula is C21H21BrN4O3. The first-order valence-electron chi connectivity index (χ1n) is 9.35. The SMILES string of the molecule is CN(C)c1ccc(C(=O)NC2CCN3C(=O)c4cc(Br)ccc4NC(=O)C23)cc1. The highest BCUT2D eigenvalue weighted by atomic mass is 79.9. The average molecular weight is 457 g/mol. The third-order valence-corrected chi connectivity index (χ3v) is 5.85. The molecule has 8 heteroatoms.